The molecule has 2 N–H and O–H groups in total. The molecule has 0 aromatic carbocycles. The summed E-state index contributed by atoms with van der Waals surface area (Å²) in [5.74, 6) is -3.36. The van der Waals surface area contributed by atoms with Crippen molar-refractivity contribution in [2.24, 2.45) is 0 Å². The zero-order chi connectivity index (χ0) is 16.0. The Bertz CT molecular complexity index is 550. The molecule has 0 amide bonds. The van der Waals surface area contributed by atoms with Crippen LogP contribution in [0.3, 0.4) is 0 Å². The third kappa shape index (κ3) is 3.18. The number of fused-ring (bicyclic) bond motifs is 1. The fourth-order valence-electron chi connectivity index (χ4n) is 2.83. The molecule has 6 nitrogen and oxygen atoms in total. The van der Waals surface area contributed by atoms with Gasteiger partial charge in [0.15, 0.2) is 5.79 Å². The Morgan fingerprint density at radius 3 is 2.82 bits per heavy atom. The molecule has 0 aliphatic carbocycles. The molecule has 2 aliphatic rings. The van der Waals surface area contributed by atoms with Gasteiger partial charge in [0.25, 0.3) is 5.92 Å². The number of rotatable bonds is 3. The van der Waals surface area contributed by atoms with Crippen molar-refractivity contribution in [2.45, 2.75) is 50.7 Å². The summed E-state index contributed by atoms with van der Waals surface area (Å²) in [6, 6.07) is -0.129. The van der Waals surface area contributed by atoms with Crippen molar-refractivity contribution < 1.29 is 18.3 Å². The van der Waals surface area contributed by atoms with Crippen molar-refractivity contribution in [2.75, 3.05) is 18.4 Å². The summed E-state index contributed by atoms with van der Waals surface area (Å²) < 4.78 is 38.4. The lowest BCUT2D eigenvalue weighted by molar-refractivity contribution is -0.145. The van der Waals surface area contributed by atoms with Gasteiger partial charge in [-0.05, 0) is 13.8 Å². The predicted octanol–water partition coefficient (Wildman–Crippen LogP) is 1.49. The number of piperidine rings is 1. The molecular formula is C14H20F2N4O2. The molecule has 8 heteroatoms. The summed E-state index contributed by atoms with van der Waals surface area (Å²) in [6.07, 6.45) is 2.26. The second-order valence-electron chi connectivity index (χ2n) is 6.23. The van der Waals surface area contributed by atoms with Gasteiger partial charge in [-0.2, -0.15) is 8.78 Å². The molecule has 2 aliphatic heterocycles. The molecule has 0 spiro atoms. The van der Waals surface area contributed by atoms with Gasteiger partial charge in [-0.25, -0.2) is 4.98 Å². The normalized spacial score (nSPS) is 30.9. The molecule has 122 valence electrons. The first-order valence-corrected chi connectivity index (χ1v) is 7.28. The number of ether oxygens (including phenoxy) is 2. The lowest BCUT2D eigenvalue weighted by Gasteiger charge is -2.32. The third-order valence-corrected chi connectivity index (χ3v) is 3.75. The van der Waals surface area contributed by atoms with Gasteiger partial charge < -0.3 is 20.1 Å². The number of nitrogens with one attached hydrogen (secondary N) is 2. The van der Waals surface area contributed by atoms with E-state index in [0.717, 1.165) is 13.1 Å². The van der Waals surface area contributed by atoms with E-state index in [1.54, 1.807) is 0 Å². The Hall–Kier alpha value is -1.38. The monoisotopic (exact) mass is 314 g/mol. The number of hydrogen-bond acceptors (Lipinski definition) is 6. The summed E-state index contributed by atoms with van der Waals surface area (Å²) in [5, 5.41) is 6.37. The first-order valence-electron chi connectivity index (χ1n) is 7.28. The van der Waals surface area contributed by atoms with E-state index < -0.39 is 11.7 Å². The van der Waals surface area contributed by atoms with E-state index in [2.05, 4.69) is 20.6 Å². The van der Waals surface area contributed by atoms with Crippen LogP contribution >= 0.6 is 0 Å². The molecule has 1 aromatic rings. The van der Waals surface area contributed by atoms with E-state index in [4.69, 9.17) is 9.47 Å². The molecular weight excluding hydrogens is 294 g/mol. The maximum atomic E-state index is 13.3. The summed E-state index contributed by atoms with van der Waals surface area (Å²) in [6.45, 7) is 5.86. The fraction of sp³-hybridized carbons (Fsp3) is 0.714. The van der Waals surface area contributed by atoms with Gasteiger partial charge in [0, 0.05) is 20.0 Å². The van der Waals surface area contributed by atoms with Crippen molar-refractivity contribution in [3.63, 3.8) is 0 Å². The summed E-state index contributed by atoms with van der Waals surface area (Å²) in [5.41, 5.74) is -0.360. The average molecular weight is 314 g/mol. The number of anilines is 1. The van der Waals surface area contributed by atoms with Crippen molar-refractivity contribution in [3.8, 4) is 0 Å². The number of aromatic nitrogens is 2. The highest BCUT2D eigenvalue weighted by Gasteiger charge is 2.47. The quantitative estimate of drug-likeness (QED) is 0.881. The topological polar surface area (TPSA) is 68.3 Å². The van der Waals surface area contributed by atoms with Crippen LogP contribution in [-0.2, 0) is 15.4 Å². The molecule has 0 unspecified atom stereocenters. The SMILES string of the molecule is CC1(C)O[C@@H]2[C@@H](Nc3cncc(C(C)(F)F)n3)CNC[C@@H]2O1. The Morgan fingerprint density at radius 1 is 1.32 bits per heavy atom. The molecule has 3 atom stereocenters. The summed E-state index contributed by atoms with van der Waals surface area (Å²) >= 11 is 0. The zero-order valence-electron chi connectivity index (χ0n) is 12.8. The summed E-state index contributed by atoms with van der Waals surface area (Å²) in [4.78, 5) is 7.77. The summed E-state index contributed by atoms with van der Waals surface area (Å²) in [7, 11) is 0. The van der Waals surface area contributed by atoms with Crippen LogP contribution in [0, 0.1) is 0 Å². The highest BCUT2D eigenvalue weighted by Crippen LogP contribution is 2.32. The van der Waals surface area contributed by atoms with E-state index in [0.29, 0.717) is 18.9 Å². The maximum Gasteiger partial charge on any atom is 0.288 e. The van der Waals surface area contributed by atoms with E-state index in [1.165, 1.54) is 6.20 Å². The number of halogens is 2. The zero-order valence-corrected chi connectivity index (χ0v) is 12.8. The largest absolute Gasteiger partial charge is 0.362 e. The van der Waals surface area contributed by atoms with E-state index in [9.17, 15) is 8.78 Å². The van der Waals surface area contributed by atoms with Crippen molar-refractivity contribution in [3.05, 3.63) is 18.1 Å². The Morgan fingerprint density at radius 2 is 2.09 bits per heavy atom. The first kappa shape index (κ1) is 15.5. The van der Waals surface area contributed by atoms with Gasteiger partial charge in [-0.1, -0.05) is 0 Å². The van der Waals surface area contributed by atoms with E-state index >= 15 is 0 Å². The fourth-order valence-corrected chi connectivity index (χ4v) is 2.83. The molecule has 0 radical (unpaired) electrons. The molecule has 0 bridgehead atoms. The Labute approximate surface area is 127 Å². The average Bonchev–Trinajstić information content (AvgIpc) is 2.73. The lowest BCUT2D eigenvalue weighted by Crippen LogP contribution is -2.55. The van der Waals surface area contributed by atoms with Crippen LogP contribution in [-0.4, -0.2) is 47.1 Å². The maximum absolute atomic E-state index is 13.3. The Balaban J connectivity index is 1.75. The van der Waals surface area contributed by atoms with Crippen LogP contribution in [0.5, 0.6) is 0 Å². The molecule has 1 aromatic heterocycles. The molecule has 22 heavy (non-hydrogen) atoms. The predicted molar refractivity (Wildman–Crippen MR) is 75.7 cm³/mol. The van der Waals surface area contributed by atoms with E-state index in [1.807, 2.05) is 13.8 Å². The van der Waals surface area contributed by atoms with Crippen LogP contribution in [0.15, 0.2) is 12.4 Å². The number of nitrogens with zero attached hydrogens (tertiary/aromatic N) is 2. The van der Waals surface area contributed by atoms with Crippen LogP contribution < -0.4 is 10.6 Å². The van der Waals surface area contributed by atoms with Crippen LogP contribution in [0.4, 0.5) is 14.6 Å². The van der Waals surface area contributed by atoms with Crippen LogP contribution in [0.25, 0.3) is 0 Å². The van der Waals surface area contributed by atoms with Gasteiger partial charge >= 0.3 is 0 Å². The minimum atomic E-state index is -3.02. The molecule has 0 saturated carbocycles. The van der Waals surface area contributed by atoms with Gasteiger partial charge in [0.05, 0.1) is 18.4 Å². The second-order valence-corrected chi connectivity index (χ2v) is 6.23. The minimum absolute atomic E-state index is 0.0787. The lowest BCUT2D eigenvalue weighted by atomic mass is 10.0. The first-order chi connectivity index (χ1) is 10.2. The highest BCUT2D eigenvalue weighted by atomic mass is 19.3. The van der Waals surface area contributed by atoms with E-state index in [-0.39, 0.29) is 23.9 Å². The molecule has 3 rings (SSSR count). The third-order valence-electron chi connectivity index (χ3n) is 3.75. The van der Waals surface area contributed by atoms with Gasteiger partial charge in [0.1, 0.15) is 23.7 Å². The molecule has 2 saturated heterocycles. The second kappa shape index (κ2) is 5.36. The minimum Gasteiger partial charge on any atom is -0.362 e. The van der Waals surface area contributed by atoms with Crippen LogP contribution in [0.1, 0.15) is 26.5 Å². The number of alkyl halides is 2. The van der Waals surface area contributed by atoms with Crippen LogP contribution in [0.2, 0.25) is 0 Å². The standard InChI is InChI=1S/C14H20F2N4O2/c1-13(2)21-9-5-17-4-8(12(9)22-13)19-11-7-18-6-10(20-11)14(3,15)16/h6-9,12,17H,4-5H2,1-3H3,(H,19,20)/t8-,9-,12+/m0/s1. The molecule has 2 fully saturated rings. The van der Waals surface area contributed by atoms with Crippen molar-refractivity contribution >= 4 is 5.82 Å². The van der Waals surface area contributed by atoms with Crippen molar-refractivity contribution in [1.82, 2.24) is 15.3 Å². The molecule has 3 heterocycles. The van der Waals surface area contributed by atoms with Crippen molar-refractivity contribution in [1.29, 1.82) is 0 Å². The highest BCUT2D eigenvalue weighted by molar-refractivity contribution is 5.35. The Kier molecular flexibility index (Phi) is 3.78. The van der Waals surface area contributed by atoms with Gasteiger partial charge in [-0.15, -0.1) is 0 Å². The van der Waals surface area contributed by atoms with Gasteiger partial charge in [-0.3, -0.25) is 4.98 Å². The van der Waals surface area contributed by atoms with Gasteiger partial charge in [0.2, 0.25) is 0 Å². The number of hydrogen-bond donors (Lipinski definition) is 2. The smallest absolute Gasteiger partial charge is 0.288 e.